The number of benzene rings is 1. The Balaban J connectivity index is 2.14. The molecule has 1 atom stereocenters. The zero-order valence-corrected chi connectivity index (χ0v) is 16.6. The minimum absolute atomic E-state index is 0.0630. The van der Waals surface area contributed by atoms with E-state index in [9.17, 15) is 9.59 Å². The average molecular weight is 390 g/mol. The summed E-state index contributed by atoms with van der Waals surface area (Å²) >= 11 is 6.39. The Morgan fingerprint density at radius 2 is 2.04 bits per heavy atom. The molecule has 27 heavy (non-hydrogen) atoms. The van der Waals surface area contributed by atoms with Crippen LogP contribution in [0, 0.1) is 0 Å². The first kappa shape index (κ1) is 19.5. The topological polar surface area (TPSA) is 64.6 Å². The fourth-order valence-corrected chi connectivity index (χ4v) is 4.01. The second-order valence-electron chi connectivity index (χ2n) is 6.61. The van der Waals surface area contributed by atoms with Crippen LogP contribution in [0.1, 0.15) is 51.5 Å². The van der Waals surface area contributed by atoms with Crippen molar-refractivity contribution in [3.05, 3.63) is 51.3 Å². The van der Waals surface area contributed by atoms with Crippen molar-refractivity contribution in [3.8, 4) is 5.75 Å². The number of carbonyl (C=O) groups is 2. The van der Waals surface area contributed by atoms with E-state index in [1.54, 1.807) is 19.1 Å². The maximum absolute atomic E-state index is 12.8. The van der Waals surface area contributed by atoms with E-state index in [1.165, 1.54) is 0 Å². The number of ketones is 1. The summed E-state index contributed by atoms with van der Waals surface area (Å²) in [6.07, 6.45) is 2.08. The molecule has 2 aliphatic rings. The number of dihydropyridines is 1. The number of carbonyl (C=O) groups excluding carboxylic acids is 2. The molecular formula is C21H24ClNO4. The first-order valence-electron chi connectivity index (χ1n) is 9.31. The van der Waals surface area contributed by atoms with Crippen LogP contribution in [0.5, 0.6) is 5.75 Å². The monoisotopic (exact) mass is 389 g/mol. The molecule has 6 heteroatoms. The highest BCUT2D eigenvalue weighted by atomic mass is 35.5. The summed E-state index contributed by atoms with van der Waals surface area (Å²) in [7, 11) is 0. The molecule has 1 aromatic carbocycles. The average Bonchev–Trinajstić information content (AvgIpc) is 2.62. The van der Waals surface area contributed by atoms with Crippen LogP contribution in [-0.4, -0.2) is 25.0 Å². The molecule has 0 unspecified atom stereocenters. The smallest absolute Gasteiger partial charge is 0.336 e. The van der Waals surface area contributed by atoms with Gasteiger partial charge in [0.25, 0.3) is 0 Å². The summed E-state index contributed by atoms with van der Waals surface area (Å²) in [6, 6.07) is 5.43. The predicted octanol–water partition coefficient (Wildman–Crippen LogP) is 4.27. The molecule has 3 rings (SSSR count). The summed E-state index contributed by atoms with van der Waals surface area (Å²) in [5, 5.41) is 3.72. The van der Waals surface area contributed by atoms with Gasteiger partial charge in [-0.3, -0.25) is 4.79 Å². The van der Waals surface area contributed by atoms with Crippen LogP contribution in [0.25, 0.3) is 0 Å². The van der Waals surface area contributed by atoms with E-state index in [1.807, 2.05) is 19.9 Å². The molecule has 0 radical (unpaired) electrons. The molecule has 0 amide bonds. The maximum Gasteiger partial charge on any atom is 0.336 e. The van der Waals surface area contributed by atoms with Gasteiger partial charge in [0.2, 0.25) is 0 Å². The van der Waals surface area contributed by atoms with E-state index < -0.39 is 11.9 Å². The molecule has 1 N–H and O–H groups in total. The first-order valence-corrected chi connectivity index (χ1v) is 9.69. The Labute approximate surface area is 164 Å². The van der Waals surface area contributed by atoms with Crippen LogP contribution in [0.2, 0.25) is 5.02 Å². The molecule has 144 valence electrons. The molecule has 0 saturated heterocycles. The van der Waals surface area contributed by atoms with Gasteiger partial charge in [0.1, 0.15) is 5.75 Å². The Hall–Kier alpha value is -2.27. The number of rotatable bonds is 5. The summed E-state index contributed by atoms with van der Waals surface area (Å²) in [5.74, 6) is -0.254. The molecule has 0 bridgehead atoms. The fraction of sp³-hybridized carbons (Fsp3) is 0.429. The van der Waals surface area contributed by atoms with Crippen LogP contribution < -0.4 is 10.1 Å². The number of ether oxygens (including phenoxy) is 2. The van der Waals surface area contributed by atoms with E-state index in [0.29, 0.717) is 34.9 Å². The molecule has 0 saturated carbocycles. The zero-order valence-electron chi connectivity index (χ0n) is 15.9. The van der Waals surface area contributed by atoms with Crippen molar-refractivity contribution in [2.75, 3.05) is 13.2 Å². The van der Waals surface area contributed by atoms with Crippen LogP contribution >= 0.6 is 11.6 Å². The highest BCUT2D eigenvalue weighted by Crippen LogP contribution is 2.43. The highest BCUT2D eigenvalue weighted by molar-refractivity contribution is 6.32. The minimum atomic E-state index is -0.485. The van der Waals surface area contributed by atoms with Gasteiger partial charge in [0, 0.05) is 29.3 Å². The Morgan fingerprint density at radius 3 is 2.70 bits per heavy atom. The number of hydrogen-bond acceptors (Lipinski definition) is 5. The van der Waals surface area contributed by atoms with Crippen LogP contribution in [0.15, 0.2) is 40.7 Å². The molecule has 1 heterocycles. The Kier molecular flexibility index (Phi) is 5.90. The van der Waals surface area contributed by atoms with Crippen molar-refractivity contribution in [3.63, 3.8) is 0 Å². The lowest BCUT2D eigenvalue weighted by atomic mass is 9.75. The Morgan fingerprint density at radius 1 is 1.26 bits per heavy atom. The Bertz CT molecular complexity index is 841. The van der Waals surface area contributed by atoms with Gasteiger partial charge >= 0.3 is 5.97 Å². The van der Waals surface area contributed by atoms with Gasteiger partial charge in [0.15, 0.2) is 5.78 Å². The van der Waals surface area contributed by atoms with E-state index in [4.69, 9.17) is 21.1 Å². The standard InChI is InChI=1S/C21H24ClNO4/c1-4-26-17-10-9-13(11-14(17)22)19-18(21(25)27-5-2)12(3)23-15-7-6-8-16(24)20(15)19/h9-11,19,23H,4-8H2,1-3H3/t19-/m0/s1. The van der Waals surface area contributed by atoms with E-state index in [2.05, 4.69) is 5.32 Å². The second-order valence-corrected chi connectivity index (χ2v) is 7.02. The first-order chi connectivity index (χ1) is 13.0. The SMILES string of the molecule is CCOC(=O)C1=C(C)NC2=C(C(=O)CCC2)[C@H]1c1ccc(OCC)c(Cl)c1. The third kappa shape index (κ3) is 3.74. The summed E-state index contributed by atoms with van der Waals surface area (Å²) in [4.78, 5) is 25.5. The lowest BCUT2D eigenvalue weighted by molar-refractivity contribution is -0.138. The van der Waals surface area contributed by atoms with Crippen LogP contribution in [0.4, 0.5) is 0 Å². The molecular weight excluding hydrogens is 366 g/mol. The zero-order chi connectivity index (χ0) is 19.6. The maximum atomic E-state index is 12.8. The predicted molar refractivity (Wildman–Crippen MR) is 104 cm³/mol. The molecule has 1 aliphatic heterocycles. The summed E-state index contributed by atoms with van der Waals surface area (Å²) in [6.45, 7) is 6.28. The van der Waals surface area contributed by atoms with Crippen LogP contribution in [0.3, 0.4) is 0 Å². The molecule has 5 nitrogen and oxygen atoms in total. The quantitative estimate of drug-likeness (QED) is 0.762. The van der Waals surface area contributed by atoms with E-state index >= 15 is 0 Å². The van der Waals surface area contributed by atoms with Crippen LogP contribution in [-0.2, 0) is 14.3 Å². The van der Waals surface area contributed by atoms with Gasteiger partial charge in [-0.15, -0.1) is 0 Å². The van der Waals surface area contributed by atoms with Crippen molar-refractivity contribution >= 4 is 23.4 Å². The van der Waals surface area contributed by atoms with Gasteiger partial charge in [-0.25, -0.2) is 4.79 Å². The van der Waals surface area contributed by atoms with Crippen molar-refractivity contribution in [2.45, 2.75) is 46.0 Å². The van der Waals surface area contributed by atoms with Crippen molar-refractivity contribution in [1.29, 1.82) is 0 Å². The van der Waals surface area contributed by atoms with Gasteiger partial charge in [0.05, 0.1) is 23.8 Å². The lowest BCUT2D eigenvalue weighted by Crippen LogP contribution is -2.34. The van der Waals surface area contributed by atoms with Crippen molar-refractivity contribution < 1.29 is 19.1 Å². The minimum Gasteiger partial charge on any atom is -0.492 e. The van der Waals surface area contributed by atoms with Crippen molar-refractivity contribution in [2.24, 2.45) is 0 Å². The molecule has 0 aromatic heterocycles. The van der Waals surface area contributed by atoms with E-state index in [-0.39, 0.29) is 12.4 Å². The van der Waals surface area contributed by atoms with Gasteiger partial charge in [-0.05, 0) is 51.3 Å². The number of halogens is 1. The number of hydrogen-bond donors (Lipinski definition) is 1. The second kappa shape index (κ2) is 8.17. The van der Waals surface area contributed by atoms with E-state index in [0.717, 1.165) is 29.8 Å². The number of nitrogens with one attached hydrogen (secondary N) is 1. The lowest BCUT2D eigenvalue weighted by Gasteiger charge is -2.34. The van der Waals surface area contributed by atoms with Crippen molar-refractivity contribution in [1.82, 2.24) is 5.32 Å². The number of allylic oxidation sites excluding steroid dienone is 3. The molecule has 1 aromatic rings. The number of Topliss-reactive ketones (excluding diaryl/α,β-unsaturated/α-hetero) is 1. The summed E-state index contributed by atoms with van der Waals surface area (Å²) in [5.41, 5.74) is 3.51. The molecule has 0 fully saturated rings. The van der Waals surface area contributed by atoms with Gasteiger partial charge in [-0.1, -0.05) is 17.7 Å². The summed E-state index contributed by atoms with van der Waals surface area (Å²) < 4.78 is 10.8. The van der Waals surface area contributed by atoms with Gasteiger partial charge < -0.3 is 14.8 Å². The third-order valence-corrected chi connectivity index (χ3v) is 5.16. The van der Waals surface area contributed by atoms with Gasteiger partial charge in [-0.2, -0.15) is 0 Å². The molecule has 0 spiro atoms. The normalized spacial score (nSPS) is 19.6. The third-order valence-electron chi connectivity index (χ3n) is 4.86. The fourth-order valence-electron chi connectivity index (χ4n) is 3.77. The number of esters is 1. The largest absolute Gasteiger partial charge is 0.492 e. The highest BCUT2D eigenvalue weighted by Gasteiger charge is 2.39. The molecule has 1 aliphatic carbocycles.